The molecule has 5 rings (SSSR count). The zero-order valence-electron chi connectivity index (χ0n) is 23.1. The molecule has 0 heterocycles. The standard InChI is InChI=1S/C31H34N2O7/c1-30(2,3)16-8-6-14(7-9-16)17-10-11-20(34)22-18(17)12-15-13-19-24(33(4)5)26(36)23(29(32)39)28(38)31(19,40)27(37)21(15)25(22)35/h6-11,15,19,24,34,36-37,40H,12-13H2,1-5H3,(H2,32,39)/t15-,19-,24?,31-/m0/s1. The average Bonchev–Trinajstić information content (AvgIpc) is 2.85. The number of amides is 1. The second-order valence-corrected chi connectivity index (χ2v) is 12.3. The molecule has 0 saturated heterocycles. The number of hydrogen-bond donors (Lipinski definition) is 5. The maximum atomic E-state index is 13.9. The molecule has 1 amide bonds. The van der Waals surface area contributed by atoms with Crippen LogP contribution in [-0.4, -0.2) is 68.5 Å². The summed E-state index contributed by atoms with van der Waals surface area (Å²) in [6, 6.07) is 10.1. The van der Waals surface area contributed by atoms with Crippen LogP contribution in [0.5, 0.6) is 5.75 Å². The number of carbonyl (C=O) groups is 3. The number of aromatic hydroxyl groups is 1. The number of allylic oxidation sites excluding steroid dienone is 1. The van der Waals surface area contributed by atoms with Crippen molar-refractivity contribution in [3.63, 3.8) is 0 Å². The number of nitrogens with zero attached hydrogens (tertiary/aromatic N) is 1. The second kappa shape index (κ2) is 9.04. The summed E-state index contributed by atoms with van der Waals surface area (Å²) in [4.78, 5) is 41.0. The summed E-state index contributed by atoms with van der Waals surface area (Å²) in [6.45, 7) is 6.35. The maximum absolute atomic E-state index is 13.9. The third kappa shape index (κ3) is 3.79. The molecule has 0 bridgehead atoms. The zero-order chi connectivity index (χ0) is 29.5. The quantitative estimate of drug-likeness (QED) is 0.367. The SMILES string of the molecule is CN(C)C1C(O)=C(C(N)=O)C(=O)[C@@]2(O)C(O)=C3C(=O)c4c(O)ccc(-c5ccc(C(C)(C)C)cc5)c4C[C@H]3C[C@@H]12. The Morgan fingerprint density at radius 3 is 2.20 bits per heavy atom. The van der Waals surface area contributed by atoms with E-state index >= 15 is 0 Å². The fraction of sp³-hybridized carbons (Fsp3) is 0.387. The second-order valence-electron chi connectivity index (χ2n) is 12.3. The Bertz CT molecular complexity index is 1530. The van der Waals surface area contributed by atoms with Gasteiger partial charge in [0.2, 0.25) is 5.78 Å². The van der Waals surface area contributed by atoms with Gasteiger partial charge in [0.1, 0.15) is 22.8 Å². The first-order chi connectivity index (χ1) is 18.6. The molecular formula is C31H34N2O7. The molecule has 2 aromatic carbocycles. The maximum Gasteiger partial charge on any atom is 0.255 e. The fourth-order valence-electron chi connectivity index (χ4n) is 6.67. The third-order valence-corrected chi connectivity index (χ3v) is 8.67. The van der Waals surface area contributed by atoms with Gasteiger partial charge in [-0.3, -0.25) is 19.3 Å². The molecule has 9 heteroatoms. The lowest BCUT2D eigenvalue weighted by Gasteiger charge is -2.50. The van der Waals surface area contributed by atoms with Gasteiger partial charge in [-0.25, -0.2) is 0 Å². The molecule has 40 heavy (non-hydrogen) atoms. The number of nitrogens with two attached hydrogens (primary N) is 1. The number of Topliss-reactive ketones (excluding diaryl/α,β-unsaturated/α-hetero) is 2. The molecule has 0 aliphatic heterocycles. The topological polar surface area (TPSA) is 161 Å². The van der Waals surface area contributed by atoms with Gasteiger partial charge in [0.25, 0.3) is 5.91 Å². The van der Waals surface area contributed by atoms with Crippen molar-refractivity contribution in [2.24, 2.45) is 17.6 Å². The third-order valence-electron chi connectivity index (χ3n) is 8.67. The lowest BCUT2D eigenvalue weighted by atomic mass is 9.58. The molecule has 9 nitrogen and oxygen atoms in total. The Morgan fingerprint density at radius 2 is 1.65 bits per heavy atom. The number of primary amides is 1. The first kappa shape index (κ1) is 27.6. The number of ketones is 2. The van der Waals surface area contributed by atoms with Crippen LogP contribution in [-0.2, 0) is 21.4 Å². The number of phenols is 1. The minimum Gasteiger partial charge on any atom is -0.510 e. The first-order valence-electron chi connectivity index (χ1n) is 13.2. The van der Waals surface area contributed by atoms with Gasteiger partial charge in [0.15, 0.2) is 11.4 Å². The molecule has 0 spiro atoms. The number of phenolic OH excluding ortho intramolecular Hbond substituents is 1. The lowest BCUT2D eigenvalue weighted by molar-refractivity contribution is -0.148. The van der Waals surface area contributed by atoms with E-state index in [1.165, 1.54) is 11.0 Å². The van der Waals surface area contributed by atoms with Gasteiger partial charge in [0.05, 0.1) is 11.6 Å². The van der Waals surface area contributed by atoms with Gasteiger partial charge in [-0.2, -0.15) is 0 Å². The van der Waals surface area contributed by atoms with E-state index < -0.39 is 58.0 Å². The molecule has 3 aliphatic rings. The van der Waals surface area contributed by atoms with Crippen molar-refractivity contribution in [1.29, 1.82) is 0 Å². The van der Waals surface area contributed by atoms with Crippen molar-refractivity contribution in [2.75, 3.05) is 14.1 Å². The Labute approximate surface area is 232 Å². The van der Waals surface area contributed by atoms with Gasteiger partial charge >= 0.3 is 0 Å². The molecule has 2 aromatic rings. The van der Waals surface area contributed by atoms with Crippen LogP contribution >= 0.6 is 0 Å². The summed E-state index contributed by atoms with van der Waals surface area (Å²) in [5.74, 6) is -6.62. The van der Waals surface area contributed by atoms with Crippen molar-refractivity contribution in [1.82, 2.24) is 4.90 Å². The number of aliphatic hydroxyl groups excluding tert-OH is 2. The minimum absolute atomic E-state index is 0.00169. The van der Waals surface area contributed by atoms with E-state index in [9.17, 15) is 34.8 Å². The number of rotatable bonds is 3. The van der Waals surface area contributed by atoms with Crippen LogP contribution in [0, 0.1) is 11.8 Å². The van der Waals surface area contributed by atoms with Crippen LogP contribution in [0.3, 0.4) is 0 Å². The Balaban J connectivity index is 1.68. The van der Waals surface area contributed by atoms with Gasteiger partial charge in [-0.15, -0.1) is 0 Å². The summed E-state index contributed by atoms with van der Waals surface area (Å²) >= 11 is 0. The van der Waals surface area contributed by atoms with Gasteiger partial charge in [-0.1, -0.05) is 51.1 Å². The molecule has 0 radical (unpaired) electrons. The summed E-state index contributed by atoms with van der Waals surface area (Å²) in [7, 11) is 3.20. The summed E-state index contributed by atoms with van der Waals surface area (Å²) in [5, 5.41) is 44.8. The highest BCUT2D eigenvalue weighted by atomic mass is 16.3. The number of carbonyl (C=O) groups excluding carboxylic acids is 3. The highest BCUT2D eigenvalue weighted by Gasteiger charge is 2.63. The zero-order valence-corrected chi connectivity index (χ0v) is 23.1. The van der Waals surface area contributed by atoms with Crippen LogP contribution in [0.15, 0.2) is 59.1 Å². The van der Waals surface area contributed by atoms with Gasteiger partial charge in [-0.05, 0) is 66.6 Å². The molecule has 1 unspecified atom stereocenters. The molecule has 0 aromatic heterocycles. The molecule has 4 atom stereocenters. The molecular weight excluding hydrogens is 512 g/mol. The first-order valence-corrected chi connectivity index (χ1v) is 13.2. The van der Waals surface area contributed by atoms with E-state index in [2.05, 4.69) is 20.8 Å². The monoisotopic (exact) mass is 546 g/mol. The van der Waals surface area contributed by atoms with E-state index in [1.807, 2.05) is 24.3 Å². The van der Waals surface area contributed by atoms with Crippen LogP contribution < -0.4 is 5.73 Å². The Hall–Kier alpha value is -3.95. The van der Waals surface area contributed by atoms with E-state index in [4.69, 9.17) is 5.73 Å². The van der Waals surface area contributed by atoms with Gasteiger partial charge < -0.3 is 26.2 Å². The fourth-order valence-corrected chi connectivity index (χ4v) is 6.67. The molecule has 0 fully saturated rings. The predicted octanol–water partition coefficient (Wildman–Crippen LogP) is 3.09. The smallest absolute Gasteiger partial charge is 0.255 e. The van der Waals surface area contributed by atoms with Crippen molar-refractivity contribution >= 4 is 17.5 Å². The van der Waals surface area contributed by atoms with Crippen LogP contribution in [0.1, 0.15) is 48.7 Å². The van der Waals surface area contributed by atoms with Crippen molar-refractivity contribution in [2.45, 2.75) is 50.7 Å². The van der Waals surface area contributed by atoms with Crippen LogP contribution in [0.2, 0.25) is 0 Å². The number of benzene rings is 2. The van der Waals surface area contributed by atoms with Crippen molar-refractivity contribution in [3.8, 4) is 16.9 Å². The Kier molecular flexibility index (Phi) is 6.24. The van der Waals surface area contributed by atoms with Gasteiger partial charge in [0, 0.05) is 11.5 Å². The Morgan fingerprint density at radius 1 is 1.02 bits per heavy atom. The predicted molar refractivity (Wildman–Crippen MR) is 148 cm³/mol. The van der Waals surface area contributed by atoms with Crippen LogP contribution in [0.25, 0.3) is 11.1 Å². The van der Waals surface area contributed by atoms with E-state index in [0.717, 1.165) is 16.7 Å². The molecule has 3 aliphatic carbocycles. The number of likely N-dealkylation sites (N-methyl/N-ethyl adjacent to an activating group) is 1. The molecule has 6 N–H and O–H groups in total. The average molecular weight is 547 g/mol. The molecule has 210 valence electrons. The summed E-state index contributed by atoms with van der Waals surface area (Å²) in [5.41, 5.74) is 5.03. The minimum atomic E-state index is -2.65. The van der Waals surface area contributed by atoms with Crippen molar-refractivity contribution in [3.05, 3.63) is 75.8 Å². The summed E-state index contributed by atoms with van der Waals surface area (Å²) < 4.78 is 0. The van der Waals surface area contributed by atoms with Crippen molar-refractivity contribution < 1.29 is 34.8 Å². The van der Waals surface area contributed by atoms with E-state index in [1.54, 1.807) is 20.2 Å². The lowest BCUT2D eigenvalue weighted by Crippen LogP contribution is -2.63. The number of fused-ring (bicyclic) bond motifs is 3. The molecule has 0 saturated carbocycles. The highest BCUT2D eigenvalue weighted by Crippen LogP contribution is 2.53. The van der Waals surface area contributed by atoms with E-state index in [0.29, 0.717) is 5.56 Å². The normalized spacial score (nSPS) is 26.5. The van der Waals surface area contributed by atoms with E-state index in [-0.39, 0.29) is 35.1 Å². The highest BCUT2D eigenvalue weighted by molar-refractivity contribution is 6.24. The number of aliphatic hydroxyl groups is 3. The largest absolute Gasteiger partial charge is 0.510 e. The summed E-state index contributed by atoms with van der Waals surface area (Å²) in [6.07, 6.45) is 0.281. The number of hydrogen-bond acceptors (Lipinski definition) is 8. The van der Waals surface area contributed by atoms with Crippen LogP contribution in [0.4, 0.5) is 0 Å².